The van der Waals surface area contributed by atoms with Crippen LogP contribution in [0.1, 0.15) is 46.5 Å². The van der Waals surface area contributed by atoms with Crippen LogP contribution in [0.2, 0.25) is 0 Å². The van der Waals surface area contributed by atoms with Gasteiger partial charge in [0.15, 0.2) is 5.76 Å². The lowest BCUT2D eigenvalue weighted by Crippen LogP contribution is -2.41. The first-order valence-electron chi connectivity index (χ1n) is 10.1. The quantitative estimate of drug-likeness (QED) is 0.653. The molecule has 0 aromatic carbocycles. The third kappa shape index (κ3) is 6.55. The van der Waals surface area contributed by atoms with Crippen LogP contribution in [0.4, 0.5) is 4.79 Å². The van der Waals surface area contributed by atoms with Crippen molar-refractivity contribution >= 4 is 27.5 Å². The van der Waals surface area contributed by atoms with Crippen molar-refractivity contribution in [3.8, 4) is 10.6 Å². The van der Waals surface area contributed by atoms with Gasteiger partial charge in [-0.15, -0.1) is 11.3 Å². The third-order valence-corrected chi connectivity index (χ3v) is 8.00. The number of carbonyl (C=O) groups excluding carboxylic acids is 1. The Balaban J connectivity index is 1.41. The second kappa shape index (κ2) is 9.49. The first-order chi connectivity index (χ1) is 14.1. The van der Waals surface area contributed by atoms with E-state index in [4.69, 9.17) is 9.26 Å². The first kappa shape index (κ1) is 22.8. The molecule has 1 aliphatic rings. The molecule has 0 unspecified atom stereocenters. The summed E-state index contributed by atoms with van der Waals surface area (Å²) in [5.74, 6) is 1.16. The van der Waals surface area contributed by atoms with Gasteiger partial charge in [0.05, 0.1) is 17.7 Å². The highest BCUT2D eigenvalue weighted by Gasteiger charge is 2.25. The summed E-state index contributed by atoms with van der Waals surface area (Å²) < 4.78 is 38.6. The molecular formula is C20H29N3O5S2. The number of nitrogens with zero attached hydrogens (tertiary/aromatic N) is 1. The van der Waals surface area contributed by atoms with E-state index >= 15 is 0 Å². The second-order valence-corrected chi connectivity index (χ2v) is 11.8. The predicted octanol–water partition coefficient (Wildman–Crippen LogP) is 4.01. The summed E-state index contributed by atoms with van der Waals surface area (Å²) in [5.41, 5.74) is -0.315. The lowest BCUT2D eigenvalue weighted by atomic mass is 9.82. The molecule has 30 heavy (non-hydrogen) atoms. The molecule has 1 saturated carbocycles. The Kier molecular flexibility index (Phi) is 7.20. The number of aromatic nitrogens is 1. The summed E-state index contributed by atoms with van der Waals surface area (Å²) >= 11 is 1.16. The van der Waals surface area contributed by atoms with Crippen LogP contribution in [0.3, 0.4) is 0 Å². The van der Waals surface area contributed by atoms with Gasteiger partial charge in [0.25, 0.3) is 0 Å². The van der Waals surface area contributed by atoms with Crippen LogP contribution in [0.25, 0.3) is 10.6 Å². The van der Waals surface area contributed by atoms with Crippen molar-refractivity contribution < 1.29 is 22.5 Å². The Labute approximate surface area is 181 Å². The molecule has 2 aromatic rings. The monoisotopic (exact) mass is 455 g/mol. The number of nitrogens with one attached hydrogen (secondary N) is 2. The van der Waals surface area contributed by atoms with Gasteiger partial charge in [-0.3, -0.25) is 0 Å². The molecule has 1 aliphatic carbocycles. The molecule has 0 atom stereocenters. The van der Waals surface area contributed by atoms with E-state index in [9.17, 15) is 13.2 Å². The van der Waals surface area contributed by atoms with Crippen LogP contribution >= 0.6 is 11.3 Å². The molecule has 0 bridgehead atoms. The topological polar surface area (TPSA) is 111 Å². The maximum atomic E-state index is 12.6. The van der Waals surface area contributed by atoms with E-state index in [1.165, 1.54) is 6.20 Å². The molecule has 0 radical (unpaired) electrons. The van der Waals surface area contributed by atoms with Crippen LogP contribution in [-0.2, 0) is 14.8 Å². The summed E-state index contributed by atoms with van der Waals surface area (Å²) in [6.07, 6.45) is 4.79. The fourth-order valence-corrected chi connectivity index (χ4v) is 5.80. The molecule has 0 aliphatic heterocycles. The third-order valence-electron chi connectivity index (χ3n) is 4.98. The molecule has 166 valence electrons. The van der Waals surface area contributed by atoms with Gasteiger partial charge < -0.3 is 14.6 Å². The van der Waals surface area contributed by atoms with Crippen molar-refractivity contribution in [2.24, 2.45) is 11.8 Å². The summed E-state index contributed by atoms with van der Waals surface area (Å²) in [6.45, 7) is 6.54. The van der Waals surface area contributed by atoms with Crippen molar-refractivity contribution in [1.82, 2.24) is 15.2 Å². The number of carbonyl (C=O) groups is 1. The Morgan fingerprint density at radius 1 is 1.20 bits per heavy atom. The maximum Gasteiger partial charge on any atom is 0.407 e. The van der Waals surface area contributed by atoms with Gasteiger partial charge in [-0.25, -0.2) is 17.9 Å². The van der Waals surface area contributed by atoms with E-state index in [0.29, 0.717) is 24.8 Å². The maximum absolute atomic E-state index is 12.6. The smallest absolute Gasteiger partial charge is 0.407 e. The van der Waals surface area contributed by atoms with E-state index in [1.807, 2.05) is 20.8 Å². The molecule has 10 heteroatoms. The van der Waals surface area contributed by atoms with Gasteiger partial charge in [0.2, 0.25) is 10.0 Å². The lowest BCUT2D eigenvalue weighted by molar-refractivity contribution is 0.103. The second-order valence-electron chi connectivity index (χ2n) is 8.71. The van der Waals surface area contributed by atoms with Crippen molar-refractivity contribution in [3.05, 3.63) is 24.4 Å². The van der Waals surface area contributed by atoms with Crippen LogP contribution in [0.5, 0.6) is 0 Å². The lowest BCUT2D eigenvalue weighted by Gasteiger charge is -2.28. The average Bonchev–Trinajstić information content (AvgIpc) is 3.35. The van der Waals surface area contributed by atoms with Crippen molar-refractivity contribution in [2.45, 2.75) is 56.2 Å². The SMILES string of the molecule is CC(C)(C)NC(=O)OCC1CCC(CNS(=O)(=O)c2ccc(-c3ccno3)s2)CC1. The van der Waals surface area contributed by atoms with Crippen LogP contribution < -0.4 is 10.0 Å². The Bertz CT molecular complexity index is 924. The van der Waals surface area contributed by atoms with E-state index in [1.54, 1.807) is 18.2 Å². The molecule has 8 nitrogen and oxygen atoms in total. The van der Waals surface area contributed by atoms with Gasteiger partial charge in [-0.1, -0.05) is 5.16 Å². The van der Waals surface area contributed by atoms with Gasteiger partial charge in [0, 0.05) is 18.2 Å². The minimum absolute atomic E-state index is 0.265. The van der Waals surface area contributed by atoms with Crippen molar-refractivity contribution in [2.75, 3.05) is 13.2 Å². The van der Waals surface area contributed by atoms with Gasteiger partial charge >= 0.3 is 6.09 Å². The van der Waals surface area contributed by atoms with E-state index < -0.39 is 16.1 Å². The molecule has 2 N–H and O–H groups in total. The number of thiophene rings is 1. The van der Waals surface area contributed by atoms with Crippen LogP contribution in [0, 0.1) is 11.8 Å². The highest BCUT2D eigenvalue weighted by molar-refractivity contribution is 7.91. The minimum Gasteiger partial charge on any atom is -0.449 e. The van der Waals surface area contributed by atoms with Crippen LogP contribution in [0.15, 0.2) is 33.1 Å². The van der Waals surface area contributed by atoms with E-state index in [0.717, 1.165) is 41.9 Å². The number of ether oxygens (including phenoxy) is 1. The van der Waals surface area contributed by atoms with Gasteiger partial charge in [0.1, 0.15) is 4.21 Å². The number of sulfonamides is 1. The standard InChI is InChI=1S/C20H29N3O5S2/c1-20(2,3)23-19(24)27-13-15-6-4-14(5-7-15)12-22-30(25,26)18-9-8-17(29-18)16-10-11-21-28-16/h8-11,14-15,22H,4-7,12-13H2,1-3H3,(H,23,24). The zero-order valence-corrected chi connectivity index (χ0v) is 19.1. The number of alkyl carbamates (subject to hydrolysis) is 1. The largest absolute Gasteiger partial charge is 0.449 e. The van der Waals surface area contributed by atoms with Crippen LogP contribution in [-0.4, -0.2) is 38.4 Å². The van der Waals surface area contributed by atoms with Gasteiger partial charge in [-0.2, -0.15) is 0 Å². The number of hydrogen-bond acceptors (Lipinski definition) is 7. The number of hydrogen-bond donors (Lipinski definition) is 2. The molecule has 0 spiro atoms. The zero-order valence-electron chi connectivity index (χ0n) is 17.5. The molecule has 2 heterocycles. The van der Waals surface area contributed by atoms with Crippen molar-refractivity contribution in [1.29, 1.82) is 0 Å². The number of rotatable bonds is 7. The summed E-state index contributed by atoms with van der Waals surface area (Å²) in [7, 11) is -3.55. The normalized spacial score (nSPS) is 20.1. The van der Waals surface area contributed by atoms with Crippen molar-refractivity contribution in [3.63, 3.8) is 0 Å². The minimum atomic E-state index is -3.55. The number of amides is 1. The molecule has 1 fully saturated rings. The highest BCUT2D eigenvalue weighted by Crippen LogP contribution is 2.32. The average molecular weight is 456 g/mol. The fraction of sp³-hybridized carbons (Fsp3) is 0.600. The molecular weight excluding hydrogens is 426 g/mol. The van der Waals surface area contributed by atoms with E-state index in [2.05, 4.69) is 15.2 Å². The summed E-state index contributed by atoms with van der Waals surface area (Å²) in [5, 5.41) is 6.43. The molecule has 3 rings (SSSR count). The summed E-state index contributed by atoms with van der Waals surface area (Å²) in [4.78, 5) is 12.5. The fourth-order valence-electron chi connectivity index (χ4n) is 3.38. The molecule has 0 saturated heterocycles. The van der Waals surface area contributed by atoms with Gasteiger partial charge in [-0.05, 0) is 70.4 Å². The summed E-state index contributed by atoms with van der Waals surface area (Å²) in [6, 6.07) is 5.01. The Hall–Kier alpha value is -1.91. The Morgan fingerprint density at radius 3 is 2.53 bits per heavy atom. The predicted molar refractivity (Wildman–Crippen MR) is 115 cm³/mol. The molecule has 1 amide bonds. The first-order valence-corrected chi connectivity index (χ1v) is 12.4. The van der Waals surface area contributed by atoms with E-state index in [-0.39, 0.29) is 15.7 Å². The zero-order chi connectivity index (χ0) is 21.8. The highest BCUT2D eigenvalue weighted by atomic mass is 32.2. The Morgan fingerprint density at radius 2 is 1.90 bits per heavy atom. The molecule has 2 aromatic heterocycles.